The van der Waals surface area contributed by atoms with E-state index in [0.29, 0.717) is 0 Å². The van der Waals surface area contributed by atoms with Crippen LogP contribution in [0.25, 0.3) is 0 Å². The number of hydrogen-bond donors (Lipinski definition) is 0. The van der Waals surface area contributed by atoms with Gasteiger partial charge < -0.3 is 0 Å². The molecule has 1 nitrogen and oxygen atoms in total. The Labute approximate surface area is 77.8 Å². The zero-order valence-electron chi connectivity index (χ0n) is 8.69. The quantitative estimate of drug-likeness (QED) is 0.454. The molecule has 12 heavy (non-hydrogen) atoms. The van der Waals surface area contributed by atoms with Crippen molar-refractivity contribution < 1.29 is 0 Å². The average molecular weight is 183 g/mol. The monoisotopic (exact) mass is 183 g/mol. The second kappa shape index (κ2) is 6.25. The topological polar surface area (TPSA) is 23.8 Å². The highest BCUT2D eigenvalue weighted by Gasteiger charge is 2.25. The molecular weight excluding hydrogens is 162 g/mol. The number of rotatable bonds is 6. The highest BCUT2D eigenvalue weighted by Crippen LogP contribution is 2.26. The van der Waals surface area contributed by atoms with Crippen LogP contribution in [0.5, 0.6) is 0 Å². The molecule has 0 saturated carbocycles. The number of nitrogens with zero attached hydrogens (tertiary/aromatic N) is 1. The van der Waals surface area contributed by atoms with Gasteiger partial charge >= 0.3 is 0 Å². The summed E-state index contributed by atoms with van der Waals surface area (Å²) in [6.45, 7) is 6.97. The fourth-order valence-corrected chi connectivity index (χ4v) is 5.31. The first kappa shape index (κ1) is 11.7. The molecule has 2 heteroatoms. The van der Waals surface area contributed by atoms with Gasteiger partial charge in [0.15, 0.2) is 0 Å². The molecule has 0 spiro atoms. The van der Waals surface area contributed by atoms with Gasteiger partial charge in [-0.3, -0.25) is 0 Å². The molecule has 0 heterocycles. The molecule has 0 amide bonds. The van der Waals surface area contributed by atoms with Crippen molar-refractivity contribution in [2.24, 2.45) is 0 Å². The molecule has 0 rings (SSSR count). The van der Waals surface area contributed by atoms with Gasteiger partial charge in [-0.25, -0.2) is 0 Å². The number of nitriles is 1. The van der Waals surface area contributed by atoms with E-state index in [2.05, 4.69) is 26.8 Å². The van der Waals surface area contributed by atoms with Crippen molar-refractivity contribution in [2.45, 2.75) is 57.8 Å². The lowest BCUT2D eigenvalue weighted by Crippen LogP contribution is -2.30. The maximum absolute atomic E-state index is 8.45. The van der Waals surface area contributed by atoms with Crippen molar-refractivity contribution in [3.05, 3.63) is 0 Å². The third kappa shape index (κ3) is 3.40. The van der Waals surface area contributed by atoms with Gasteiger partial charge in [-0.05, 0) is 6.42 Å². The fraction of sp³-hybridized carbons (Fsp3) is 0.900. The predicted octanol–water partition coefficient (Wildman–Crippen LogP) is 3.80. The molecule has 70 valence electrons. The maximum atomic E-state index is 8.45. The Morgan fingerprint density at radius 2 is 1.58 bits per heavy atom. The van der Waals surface area contributed by atoms with E-state index in [4.69, 9.17) is 5.26 Å². The summed E-state index contributed by atoms with van der Waals surface area (Å²) in [6, 6.07) is 7.78. The van der Waals surface area contributed by atoms with Crippen LogP contribution in [0.1, 0.15) is 33.6 Å². The van der Waals surface area contributed by atoms with E-state index in [1.54, 1.807) is 0 Å². The average Bonchev–Trinajstić information content (AvgIpc) is 2.14. The molecule has 0 aliphatic rings. The summed E-state index contributed by atoms with van der Waals surface area (Å²) in [6.07, 6.45) is 1.90. The van der Waals surface area contributed by atoms with Gasteiger partial charge in [0.25, 0.3) is 0 Å². The minimum Gasteiger partial charge on any atom is -0.198 e. The van der Waals surface area contributed by atoms with Crippen molar-refractivity contribution in [2.75, 3.05) is 0 Å². The van der Waals surface area contributed by atoms with Crippen molar-refractivity contribution in [3.63, 3.8) is 0 Å². The van der Waals surface area contributed by atoms with E-state index >= 15 is 0 Å². The fourth-order valence-electron chi connectivity index (χ4n) is 1.82. The van der Waals surface area contributed by atoms with E-state index in [1.165, 1.54) is 24.2 Å². The van der Waals surface area contributed by atoms with E-state index in [0.717, 1.165) is 12.8 Å². The summed E-state index contributed by atoms with van der Waals surface area (Å²) < 4.78 is 0. The van der Waals surface area contributed by atoms with Crippen LogP contribution < -0.4 is 0 Å². The van der Waals surface area contributed by atoms with E-state index in [9.17, 15) is 0 Å². The smallest absolute Gasteiger partial charge is 0.0621 e. The minimum atomic E-state index is -0.906. The highest BCUT2D eigenvalue weighted by molar-refractivity contribution is 6.79. The third-order valence-electron chi connectivity index (χ3n) is 3.25. The van der Waals surface area contributed by atoms with Crippen LogP contribution in [0.15, 0.2) is 0 Å². The molecule has 0 aromatic carbocycles. The summed E-state index contributed by atoms with van der Waals surface area (Å²) >= 11 is 0. The number of unbranched alkanes of at least 4 members (excludes halogenated alkanes) is 1. The molecular formula is C10H21NSi. The lowest BCUT2D eigenvalue weighted by Gasteiger charge is -2.27. The second-order valence-corrected chi connectivity index (χ2v) is 9.19. The SMILES string of the molecule is CC[Si](CC)(CC)CCCC#N. The Morgan fingerprint density at radius 1 is 1.08 bits per heavy atom. The van der Waals surface area contributed by atoms with E-state index in [-0.39, 0.29) is 0 Å². The molecule has 0 unspecified atom stereocenters. The van der Waals surface area contributed by atoms with Crippen LogP contribution in [0, 0.1) is 11.3 Å². The summed E-state index contributed by atoms with van der Waals surface area (Å²) in [5.41, 5.74) is 0. The van der Waals surface area contributed by atoms with Crippen LogP contribution in [-0.4, -0.2) is 8.07 Å². The highest BCUT2D eigenvalue weighted by atomic mass is 28.3. The Hall–Kier alpha value is -0.293. The molecule has 0 bridgehead atoms. The predicted molar refractivity (Wildman–Crippen MR) is 56.9 cm³/mol. The number of hydrogen-bond acceptors (Lipinski definition) is 1. The summed E-state index contributed by atoms with van der Waals surface area (Å²) in [5.74, 6) is 0. The van der Waals surface area contributed by atoms with Crippen LogP contribution in [0.4, 0.5) is 0 Å². The summed E-state index contributed by atoms with van der Waals surface area (Å²) in [5, 5.41) is 8.45. The third-order valence-corrected chi connectivity index (χ3v) is 9.16. The maximum Gasteiger partial charge on any atom is 0.0621 e. The Bertz CT molecular complexity index is 136. The largest absolute Gasteiger partial charge is 0.198 e. The molecule has 0 atom stereocenters. The molecule has 0 fully saturated rings. The van der Waals surface area contributed by atoms with Gasteiger partial charge in [0, 0.05) is 6.42 Å². The van der Waals surface area contributed by atoms with Crippen LogP contribution in [0.3, 0.4) is 0 Å². The Balaban J connectivity index is 3.86. The normalized spacial score (nSPS) is 11.2. The zero-order chi connectivity index (χ0) is 9.45. The van der Waals surface area contributed by atoms with Gasteiger partial charge in [0.1, 0.15) is 0 Å². The lowest BCUT2D eigenvalue weighted by atomic mass is 10.4. The molecule has 0 aliphatic heterocycles. The van der Waals surface area contributed by atoms with Crippen LogP contribution in [0.2, 0.25) is 24.2 Å². The molecule has 0 N–H and O–H groups in total. The molecule has 0 aromatic rings. The van der Waals surface area contributed by atoms with Gasteiger partial charge in [0.05, 0.1) is 14.1 Å². The first-order valence-electron chi connectivity index (χ1n) is 5.11. The lowest BCUT2D eigenvalue weighted by molar-refractivity contribution is 0.916. The summed E-state index contributed by atoms with van der Waals surface area (Å²) in [4.78, 5) is 0. The standard InChI is InChI=1S/C10H21NSi/c1-4-12(5-2,6-3)10-8-7-9-11/h4-8,10H2,1-3H3. The first-order chi connectivity index (χ1) is 5.74. The Morgan fingerprint density at radius 3 is 1.92 bits per heavy atom. The van der Waals surface area contributed by atoms with Gasteiger partial charge in [-0.15, -0.1) is 0 Å². The van der Waals surface area contributed by atoms with Crippen LogP contribution in [-0.2, 0) is 0 Å². The molecule has 0 radical (unpaired) electrons. The zero-order valence-corrected chi connectivity index (χ0v) is 9.69. The second-order valence-electron chi connectivity index (χ2n) is 3.57. The van der Waals surface area contributed by atoms with Crippen molar-refractivity contribution in [1.82, 2.24) is 0 Å². The molecule has 0 aromatic heterocycles. The van der Waals surface area contributed by atoms with Gasteiger partial charge in [-0.1, -0.05) is 44.9 Å². The first-order valence-corrected chi connectivity index (χ1v) is 7.94. The van der Waals surface area contributed by atoms with Gasteiger partial charge in [0.2, 0.25) is 0 Å². The van der Waals surface area contributed by atoms with Crippen molar-refractivity contribution in [3.8, 4) is 6.07 Å². The van der Waals surface area contributed by atoms with E-state index < -0.39 is 8.07 Å². The Kier molecular flexibility index (Phi) is 6.10. The van der Waals surface area contributed by atoms with Crippen molar-refractivity contribution >= 4 is 8.07 Å². The molecule has 0 aliphatic carbocycles. The van der Waals surface area contributed by atoms with Gasteiger partial charge in [-0.2, -0.15) is 5.26 Å². The van der Waals surface area contributed by atoms with E-state index in [1.807, 2.05) is 0 Å². The van der Waals surface area contributed by atoms with Crippen LogP contribution >= 0.6 is 0 Å². The van der Waals surface area contributed by atoms with Crippen molar-refractivity contribution in [1.29, 1.82) is 5.26 Å². The summed E-state index contributed by atoms with van der Waals surface area (Å²) in [7, 11) is -0.906. The molecule has 0 saturated heterocycles. The minimum absolute atomic E-state index is 0.759.